The van der Waals surface area contributed by atoms with Crippen molar-refractivity contribution in [3.05, 3.63) is 6.33 Å². The number of rotatable bonds is 4. The van der Waals surface area contributed by atoms with Crippen molar-refractivity contribution < 1.29 is 14.3 Å². The molecule has 2 saturated heterocycles. The molecule has 1 N–H and O–H groups in total. The Morgan fingerprint density at radius 3 is 2.71 bits per heavy atom. The van der Waals surface area contributed by atoms with Gasteiger partial charge in [0.2, 0.25) is 5.91 Å². The summed E-state index contributed by atoms with van der Waals surface area (Å²) in [6, 6.07) is 0.0953. The minimum Gasteiger partial charge on any atom is -0.450 e. The van der Waals surface area contributed by atoms with Crippen molar-refractivity contribution in [2.45, 2.75) is 25.8 Å². The maximum Gasteiger partial charge on any atom is 0.409 e. The largest absolute Gasteiger partial charge is 0.450 e. The maximum atomic E-state index is 12.5. The summed E-state index contributed by atoms with van der Waals surface area (Å²) in [5, 5.41) is 11.2. The number of anilines is 1. The van der Waals surface area contributed by atoms with Crippen molar-refractivity contribution in [2.24, 2.45) is 13.0 Å². The van der Waals surface area contributed by atoms with E-state index >= 15 is 0 Å². The van der Waals surface area contributed by atoms with Gasteiger partial charge in [0.15, 0.2) is 17.0 Å². The van der Waals surface area contributed by atoms with Gasteiger partial charge in [-0.2, -0.15) is 0 Å². The number of fused-ring (bicyclic) bond motifs is 1. The molecule has 0 aliphatic carbocycles. The fourth-order valence-corrected chi connectivity index (χ4v) is 3.63. The number of nitrogens with zero attached hydrogens (tertiary/aromatic N) is 7. The highest BCUT2D eigenvalue weighted by Crippen LogP contribution is 2.27. The number of ether oxygens (including phenoxy) is 1. The number of nitrogens with one attached hydrogen (secondary N) is 1. The van der Waals surface area contributed by atoms with Crippen LogP contribution in [0.4, 0.5) is 10.6 Å². The molecular weight excluding hydrogens is 364 g/mol. The molecule has 0 atom stereocenters. The smallest absolute Gasteiger partial charge is 0.409 e. The van der Waals surface area contributed by atoms with Crippen molar-refractivity contribution in [3.8, 4) is 0 Å². The number of likely N-dealkylation sites (tertiary alicyclic amines) is 1. The summed E-state index contributed by atoms with van der Waals surface area (Å²) < 4.78 is 6.63. The van der Waals surface area contributed by atoms with Crippen LogP contribution in [0.25, 0.3) is 11.2 Å². The molecule has 2 amide bonds. The Morgan fingerprint density at radius 1 is 1.25 bits per heavy atom. The van der Waals surface area contributed by atoms with E-state index in [9.17, 15) is 9.59 Å². The quantitative estimate of drug-likeness (QED) is 0.773. The lowest BCUT2D eigenvalue weighted by molar-refractivity contribution is -0.126. The highest BCUT2D eigenvalue weighted by atomic mass is 16.6. The van der Waals surface area contributed by atoms with Gasteiger partial charge in [-0.05, 0) is 19.8 Å². The van der Waals surface area contributed by atoms with E-state index in [2.05, 4.69) is 25.6 Å². The Balaban J connectivity index is 1.27. The maximum absolute atomic E-state index is 12.5. The van der Waals surface area contributed by atoms with E-state index in [1.54, 1.807) is 23.6 Å². The standard InChI is InChI=1S/C17H24N8O3/c1-3-28-17(27)24-6-4-12(5-7-24)20-16(26)11-8-25(9-11)15-13-14(18-10-19-15)23(2)22-21-13/h10-12H,3-9H2,1-2H3,(H,20,26). The predicted octanol–water partition coefficient (Wildman–Crippen LogP) is -0.0684. The monoisotopic (exact) mass is 388 g/mol. The van der Waals surface area contributed by atoms with Crippen LogP contribution in [0.1, 0.15) is 19.8 Å². The number of carbonyl (C=O) groups excluding carboxylic acids is 2. The van der Waals surface area contributed by atoms with Gasteiger partial charge in [0.05, 0.1) is 12.5 Å². The van der Waals surface area contributed by atoms with Crippen molar-refractivity contribution in [3.63, 3.8) is 0 Å². The van der Waals surface area contributed by atoms with Crippen LogP contribution < -0.4 is 10.2 Å². The Kier molecular flexibility index (Phi) is 4.97. The van der Waals surface area contributed by atoms with Crippen molar-refractivity contribution >= 4 is 29.0 Å². The molecule has 2 fully saturated rings. The average molecular weight is 388 g/mol. The van der Waals surface area contributed by atoms with E-state index in [0.29, 0.717) is 49.8 Å². The summed E-state index contributed by atoms with van der Waals surface area (Å²) in [5.41, 5.74) is 1.32. The number of aromatic nitrogens is 5. The second-order valence-electron chi connectivity index (χ2n) is 7.15. The van der Waals surface area contributed by atoms with Gasteiger partial charge in [-0.15, -0.1) is 5.10 Å². The summed E-state index contributed by atoms with van der Waals surface area (Å²) in [6.07, 6.45) is 2.70. The Labute approximate surface area is 162 Å². The highest BCUT2D eigenvalue weighted by Gasteiger charge is 2.36. The van der Waals surface area contributed by atoms with Gasteiger partial charge in [-0.1, -0.05) is 5.21 Å². The zero-order chi connectivity index (χ0) is 19.7. The first-order valence-electron chi connectivity index (χ1n) is 9.54. The predicted molar refractivity (Wildman–Crippen MR) is 99.6 cm³/mol. The van der Waals surface area contributed by atoms with Gasteiger partial charge in [0, 0.05) is 39.3 Å². The van der Waals surface area contributed by atoms with Gasteiger partial charge in [-0.3, -0.25) is 4.79 Å². The summed E-state index contributed by atoms with van der Waals surface area (Å²) >= 11 is 0. The van der Waals surface area contributed by atoms with Crippen molar-refractivity contribution in [2.75, 3.05) is 37.7 Å². The van der Waals surface area contributed by atoms with Gasteiger partial charge < -0.3 is 19.9 Å². The van der Waals surface area contributed by atoms with Gasteiger partial charge in [-0.25, -0.2) is 19.4 Å². The Morgan fingerprint density at radius 2 is 2.00 bits per heavy atom. The SMILES string of the molecule is CCOC(=O)N1CCC(NC(=O)C2CN(c3ncnc4c3nnn4C)C2)CC1. The minimum atomic E-state index is -0.276. The first-order valence-corrected chi connectivity index (χ1v) is 9.54. The molecule has 0 saturated carbocycles. The second kappa shape index (κ2) is 7.56. The summed E-state index contributed by atoms with van der Waals surface area (Å²) in [5.74, 6) is 0.685. The van der Waals surface area contributed by atoms with Crippen LogP contribution in [-0.4, -0.2) is 80.7 Å². The molecule has 0 unspecified atom stereocenters. The average Bonchev–Trinajstić information content (AvgIpc) is 3.03. The molecule has 2 aliphatic heterocycles. The molecule has 0 bridgehead atoms. The van der Waals surface area contributed by atoms with E-state index in [1.165, 1.54) is 6.33 Å². The van der Waals surface area contributed by atoms with Gasteiger partial charge in [0.1, 0.15) is 6.33 Å². The summed E-state index contributed by atoms with van der Waals surface area (Å²) in [7, 11) is 1.78. The molecule has 0 radical (unpaired) electrons. The third kappa shape index (κ3) is 3.43. The fraction of sp³-hybridized carbons (Fsp3) is 0.647. The van der Waals surface area contributed by atoms with E-state index < -0.39 is 0 Å². The lowest BCUT2D eigenvalue weighted by Gasteiger charge is -2.40. The molecule has 4 rings (SSSR count). The number of aryl methyl sites for hydroxylation is 1. The van der Waals surface area contributed by atoms with Gasteiger partial charge in [0.25, 0.3) is 0 Å². The zero-order valence-electron chi connectivity index (χ0n) is 16.0. The lowest BCUT2D eigenvalue weighted by Crippen LogP contribution is -2.56. The summed E-state index contributed by atoms with van der Waals surface area (Å²) in [4.78, 5) is 36.5. The number of carbonyl (C=O) groups is 2. The molecule has 0 spiro atoms. The zero-order valence-corrected chi connectivity index (χ0v) is 16.0. The minimum absolute atomic E-state index is 0.0512. The summed E-state index contributed by atoms with van der Waals surface area (Å²) in [6.45, 7) is 4.56. The van der Waals surface area contributed by atoms with Crippen LogP contribution in [0.2, 0.25) is 0 Å². The van der Waals surface area contributed by atoms with E-state index in [4.69, 9.17) is 4.74 Å². The van der Waals surface area contributed by atoms with Crippen LogP contribution in [0.5, 0.6) is 0 Å². The third-order valence-electron chi connectivity index (χ3n) is 5.29. The number of hydrogen-bond donors (Lipinski definition) is 1. The molecule has 2 aromatic rings. The van der Waals surface area contributed by atoms with Crippen molar-refractivity contribution in [1.82, 2.24) is 35.2 Å². The molecule has 0 aromatic carbocycles. The number of hydrogen-bond acceptors (Lipinski definition) is 8. The van der Waals surface area contributed by atoms with Crippen LogP contribution in [-0.2, 0) is 16.6 Å². The molecule has 4 heterocycles. The van der Waals surface area contributed by atoms with E-state index in [0.717, 1.165) is 12.8 Å². The molecule has 2 aliphatic rings. The second-order valence-corrected chi connectivity index (χ2v) is 7.15. The van der Waals surface area contributed by atoms with Crippen molar-refractivity contribution in [1.29, 1.82) is 0 Å². The molecule has 150 valence electrons. The van der Waals surface area contributed by atoms with Crippen LogP contribution in [0, 0.1) is 5.92 Å². The fourth-order valence-electron chi connectivity index (χ4n) is 3.63. The molecule has 11 nitrogen and oxygen atoms in total. The molecule has 11 heteroatoms. The molecule has 2 aromatic heterocycles. The first-order chi connectivity index (χ1) is 13.6. The van der Waals surface area contributed by atoms with E-state index in [-0.39, 0.29) is 24.0 Å². The highest BCUT2D eigenvalue weighted by molar-refractivity contribution is 5.86. The Bertz CT molecular complexity index is 870. The molecule has 28 heavy (non-hydrogen) atoms. The van der Waals surface area contributed by atoms with Crippen LogP contribution >= 0.6 is 0 Å². The number of piperidine rings is 1. The van der Waals surface area contributed by atoms with Gasteiger partial charge >= 0.3 is 6.09 Å². The van der Waals surface area contributed by atoms with Crippen LogP contribution in [0.15, 0.2) is 6.33 Å². The number of amides is 2. The Hall–Kier alpha value is -2.98. The topological polar surface area (TPSA) is 118 Å². The third-order valence-corrected chi connectivity index (χ3v) is 5.29. The first kappa shape index (κ1) is 18.4. The lowest BCUT2D eigenvalue weighted by atomic mass is 9.97. The molecular formula is C17H24N8O3. The van der Waals surface area contributed by atoms with E-state index in [1.807, 2.05) is 4.90 Å². The van der Waals surface area contributed by atoms with Crippen LogP contribution in [0.3, 0.4) is 0 Å². The normalized spacial score (nSPS) is 18.2.